The summed E-state index contributed by atoms with van der Waals surface area (Å²) in [6, 6.07) is 5.10. The zero-order chi connectivity index (χ0) is 12.4. The van der Waals surface area contributed by atoms with Crippen LogP contribution in [0.2, 0.25) is 0 Å². The van der Waals surface area contributed by atoms with Gasteiger partial charge in [-0.05, 0) is 36.5 Å². The predicted octanol–water partition coefficient (Wildman–Crippen LogP) is 1.47. The average molecular weight is 237 g/mol. The minimum atomic E-state index is -0.480. The number of ether oxygens (including phenoxy) is 2. The van der Waals surface area contributed by atoms with E-state index in [1.54, 1.807) is 20.3 Å². The zero-order valence-corrected chi connectivity index (χ0v) is 10.2. The SMILES string of the molecule is COc1cc(OC)cc([C@H](N)[C@H](O)C2CC2)c1. The monoisotopic (exact) mass is 237 g/mol. The van der Waals surface area contributed by atoms with E-state index in [1.165, 1.54) is 0 Å². The van der Waals surface area contributed by atoms with E-state index in [4.69, 9.17) is 15.2 Å². The summed E-state index contributed by atoms with van der Waals surface area (Å²) in [6.45, 7) is 0. The molecule has 1 fully saturated rings. The van der Waals surface area contributed by atoms with Crippen molar-refractivity contribution < 1.29 is 14.6 Å². The van der Waals surface area contributed by atoms with E-state index < -0.39 is 6.10 Å². The lowest BCUT2D eigenvalue weighted by molar-refractivity contribution is 0.122. The Kier molecular flexibility index (Phi) is 3.54. The van der Waals surface area contributed by atoms with Gasteiger partial charge in [0.1, 0.15) is 11.5 Å². The first kappa shape index (κ1) is 12.2. The lowest BCUT2D eigenvalue weighted by Crippen LogP contribution is -2.27. The van der Waals surface area contributed by atoms with Crippen molar-refractivity contribution >= 4 is 0 Å². The first-order valence-electron chi connectivity index (χ1n) is 5.82. The largest absolute Gasteiger partial charge is 0.497 e. The van der Waals surface area contributed by atoms with Crippen molar-refractivity contribution in [2.75, 3.05) is 14.2 Å². The fourth-order valence-corrected chi connectivity index (χ4v) is 1.95. The molecular weight excluding hydrogens is 218 g/mol. The number of hydrogen-bond donors (Lipinski definition) is 2. The molecule has 1 saturated carbocycles. The van der Waals surface area contributed by atoms with E-state index in [2.05, 4.69) is 0 Å². The highest BCUT2D eigenvalue weighted by molar-refractivity contribution is 5.40. The molecule has 2 rings (SSSR count). The van der Waals surface area contributed by atoms with Gasteiger partial charge in [0.05, 0.1) is 26.4 Å². The summed E-state index contributed by atoms with van der Waals surface area (Å²) in [6.07, 6.45) is 1.65. The third-order valence-corrected chi connectivity index (χ3v) is 3.23. The molecule has 3 N–H and O–H groups in total. The molecule has 1 aliphatic rings. The second-order valence-corrected chi connectivity index (χ2v) is 4.50. The molecule has 0 bridgehead atoms. The molecule has 0 aromatic heterocycles. The van der Waals surface area contributed by atoms with Crippen LogP contribution >= 0.6 is 0 Å². The molecule has 94 valence electrons. The van der Waals surface area contributed by atoms with Crippen LogP contribution in [0, 0.1) is 5.92 Å². The average Bonchev–Trinajstić information content (AvgIpc) is 3.20. The normalized spacial score (nSPS) is 18.6. The third kappa shape index (κ3) is 2.70. The lowest BCUT2D eigenvalue weighted by Gasteiger charge is -2.20. The summed E-state index contributed by atoms with van der Waals surface area (Å²) < 4.78 is 10.4. The fraction of sp³-hybridized carbons (Fsp3) is 0.538. The molecule has 17 heavy (non-hydrogen) atoms. The highest BCUT2D eigenvalue weighted by Gasteiger charge is 2.34. The van der Waals surface area contributed by atoms with Gasteiger partial charge in [0.25, 0.3) is 0 Å². The van der Waals surface area contributed by atoms with Crippen molar-refractivity contribution in [3.63, 3.8) is 0 Å². The number of nitrogens with two attached hydrogens (primary N) is 1. The number of aliphatic hydroxyl groups excluding tert-OH is 1. The number of hydrogen-bond acceptors (Lipinski definition) is 4. The zero-order valence-electron chi connectivity index (χ0n) is 10.2. The maximum absolute atomic E-state index is 10.0. The van der Waals surface area contributed by atoms with Crippen molar-refractivity contribution in [2.45, 2.75) is 25.0 Å². The standard InChI is InChI=1S/C13H19NO3/c1-16-10-5-9(6-11(7-10)17-2)12(14)13(15)8-3-4-8/h5-8,12-13,15H,3-4,14H2,1-2H3/t12-,13+/m0/s1. The molecule has 4 heteroatoms. The first-order chi connectivity index (χ1) is 8.15. The Hall–Kier alpha value is -1.26. The second-order valence-electron chi connectivity index (χ2n) is 4.50. The predicted molar refractivity (Wildman–Crippen MR) is 65.2 cm³/mol. The minimum Gasteiger partial charge on any atom is -0.497 e. The van der Waals surface area contributed by atoms with Gasteiger partial charge in [-0.1, -0.05) is 0 Å². The van der Waals surface area contributed by atoms with Crippen molar-refractivity contribution in [3.05, 3.63) is 23.8 Å². The van der Waals surface area contributed by atoms with E-state index >= 15 is 0 Å². The maximum Gasteiger partial charge on any atom is 0.122 e. The molecule has 0 radical (unpaired) electrons. The van der Waals surface area contributed by atoms with Crippen molar-refractivity contribution in [2.24, 2.45) is 11.7 Å². The van der Waals surface area contributed by atoms with Gasteiger partial charge in [0, 0.05) is 6.07 Å². The quantitative estimate of drug-likeness (QED) is 0.814. The molecule has 1 aromatic carbocycles. The molecule has 1 aromatic rings. The van der Waals surface area contributed by atoms with Crippen LogP contribution in [-0.4, -0.2) is 25.4 Å². The van der Waals surface area contributed by atoms with Crippen molar-refractivity contribution in [1.82, 2.24) is 0 Å². The van der Waals surface area contributed by atoms with E-state index in [9.17, 15) is 5.11 Å². The minimum absolute atomic E-state index is 0.349. The summed E-state index contributed by atoms with van der Waals surface area (Å²) in [5.41, 5.74) is 6.91. The molecule has 0 heterocycles. The van der Waals surface area contributed by atoms with Crippen LogP contribution in [0.5, 0.6) is 11.5 Å². The third-order valence-electron chi connectivity index (χ3n) is 3.23. The van der Waals surface area contributed by atoms with Crippen LogP contribution in [-0.2, 0) is 0 Å². The van der Waals surface area contributed by atoms with Crippen LogP contribution < -0.4 is 15.2 Å². The fourth-order valence-electron chi connectivity index (χ4n) is 1.95. The Morgan fingerprint density at radius 1 is 1.18 bits per heavy atom. The smallest absolute Gasteiger partial charge is 0.122 e. The Labute approximate surface area is 101 Å². The Balaban J connectivity index is 2.23. The van der Waals surface area contributed by atoms with Crippen molar-refractivity contribution in [3.8, 4) is 11.5 Å². The van der Waals surface area contributed by atoms with Crippen LogP contribution in [0.15, 0.2) is 18.2 Å². The van der Waals surface area contributed by atoms with Gasteiger partial charge in [-0.2, -0.15) is 0 Å². The molecule has 2 atom stereocenters. The summed E-state index contributed by atoms with van der Waals surface area (Å²) in [5.74, 6) is 1.73. The molecule has 1 aliphatic carbocycles. The molecule has 0 spiro atoms. The van der Waals surface area contributed by atoms with Gasteiger partial charge in [-0.15, -0.1) is 0 Å². The number of aliphatic hydroxyl groups is 1. The van der Waals surface area contributed by atoms with E-state index in [0.717, 1.165) is 18.4 Å². The van der Waals surface area contributed by atoms with Crippen LogP contribution in [0.3, 0.4) is 0 Å². The van der Waals surface area contributed by atoms with Crippen LogP contribution in [0.1, 0.15) is 24.4 Å². The topological polar surface area (TPSA) is 64.7 Å². The summed E-state index contributed by atoms with van der Waals surface area (Å²) in [4.78, 5) is 0. The molecule has 4 nitrogen and oxygen atoms in total. The van der Waals surface area contributed by atoms with E-state index in [0.29, 0.717) is 17.4 Å². The van der Waals surface area contributed by atoms with Gasteiger partial charge >= 0.3 is 0 Å². The highest BCUT2D eigenvalue weighted by atomic mass is 16.5. The Morgan fingerprint density at radius 2 is 1.71 bits per heavy atom. The van der Waals surface area contributed by atoms with Crippen LogP contribution in [0.25, 0.3) is 0 Å². The van der Waals surface area contributed by atoms with Gasteiger partial charge < -0.3 is 20.3 Å². The molecule has 0 unspecified atom stereocenters. The number of benzene rings is 1. The van der Waals surface area contributed by atoms with Gasteiger partial charge in [0.2, 0.25) is 0 Å². The highest BCUT2D eigenvalue weighted by Crippen LogP contribution is 2.38. The number of methoxy groups -OCH3 is 2. The number of rotatable bonds is 5. The second kappa shape index (κ2) is 4.94. The molecule has 0 amide bonds. The summed E-state index contributed by atoms with van der Waals surface area (Å²) in [5, 5.41) is 10.0. The van der Waals surface area contributed by atoms with Gasteiger partial charge in [-0.25, -0.2) is 0 Å². The molecular formula is C13H19NO3. The van der Waals surface area contributed by atoms with E-state index in [-0.39, 0.29) is 6.04 Å². The van der Waals surface area contributed by atoms with E-state index in [1.807, 2.05) is 12.1 Å². The maximum atomic E-state index is 10.0. The van der Waals surface area contributed by atoms with Gasteiger partial charge in [0.15, 0.2) is 0 Å². The Morgan fingerprint density at radius 3 is 2.12 bits per heavy atom. The van der Waals surface area contributed by atoms with Gasteiger partial charge in [-0.3, -0.25) is 0 Å². The van der Waals surface area contributed by atoms with Crippen molar-refractivity contribution in [1.29, 1.82) is 0 Å². The summed E-state index contributed by atoms with van der Waals surface area (Å²) in [7, 11) is 3.20. The lowest BCUT2D eigenvalue weighted by atomic mass is 9.98. The molecule has 0 aliphatic heterocycles. The Bertz CT molecular complexity index is 368. The summed E-state index contributed by atoms with van der Waals surface area (Å²) >= 11 is 0. The first-order valence-corrected chi connectivity index (χ1v) is 5.82. The molecule has 0 saturated heterocycles. The van der Waals surface area contributed by atoms with Crippen LogP contribution in [0.4, 0.5) is 0 Å².